The number of amides is 1. The summed E-state index contributed by atoms with van der Waals surface area (Å²) in [6.45, 7) is 4.09. The maximum Gasteiger partial charge on any atom is 0.224 e. The van der Waals surface area contributed by atoms with Gasteiger partial charge >= 0.3 is 0 Å². The first-order chi connectivity index (χ1) is 9.95. The minimum absolute atomic E-state index is 0.0132. The van der Waals surface area contributed by atoms with E-state index in [1.54, 1.807) is 6.07 Å². The summed E-state index contributed by atoms with van der Waals surface area (Å²) in [5.41, 5.74) is 3.90. The van der Waals surface area contributed by atoms with Gasteiger partial charge in [0.1, 0.15) is 5.75 Å². The van der Waals surface area contributed by atoms with Crippen LogP contribution >= 0.6 is 11.6 Å². The molecule has 0 saturated heterocycles. The molecule has 0 aliphatic rings. The summed E-state index contributed by atoms with van der Waals surface area (Å²) in [6.07, 6.45) is 1.02. The molecule has 2 aromatic carbocycles. The molecular weight excluding hydrogens is 286 g/mol. The normalized spacial score (nSPS) is 10.4. The first-order valence-electron chi connectivity index (χ1n) is 6.80. The summed E-state index contributed by atoms with van der Waals surface area (Å²) < 4.78 is 0. The monoisotopic (exact) mass is 303 g/mol. The van der Waals surface area contributed by atoms with Crippen LogP contribution in [0, 0.1) is 13.8 Å². The van der Waals surface area contributed by atoms with Gasteiger partial charge in [-0.15, -0.1) is 0 Å². The van der Waals surface area contributed by atoms with Gasteiger partial charge in [-0.25, -0.2) is 0 Å². The lowest BCUT2D eigenvalue weighted by Crippen LogP contribution is -2.12. The van der Waals surface area contributed by atoms with Gasteiger partial charge in [0.25, 0.3) is 0 Å². The minimum Gasteiger partial charge on any atom is -0.506 e. The van der Waals surface area contributed by atoms with E-state index < -0.39 is 0 Å². The number of halogens is 1. The van der Waals surface area contributed by atoms with Gasteiger partial charge in [-0.3, -0.25) is 4.79 Å². The van der Waals surface area contributed by atoms with Crippen molar-refractivity contribution in [2.45, 2.75) is 26.7 Å². The molecule has 2 N–H and O–H groups in total. The zero-order valence-electron chi connectivity index (χ0n) is 12.1. The van der Waals surface area contributed by atoms with E-state index in [0.717, 1.165) is 5.56 Å². The van der Waals surface area contributed by atoms with Crippen LogP contribution in [0.1, 0.15) is 23.1 Å². The molecule has 0 atom stereocenters. The van der Waals surface area contributed by atoms with Crippen molar-refractivity contribution in [3.8, 4) is 5.75 Å². The highest BCUT2D eigenvalue weighted by Crippen LogP contribution is 2.26. The van der Waals surface area contributed by atoms with Gasteiger partial charge in [0.05, 0.1) is 5.69 Å². The average molecular weight is 304 g/mol. The van der Waals surface area contributed by atoms with Crippen LogP contribution in [0.5, 0.6) is 5.75 Å². The van der Waals surface area contributed by atoms with Gasteiger partial charge in [-0.1, -0.05) is 35.4 Å². The summed E-state index contributed by atoms with van der Waals surface area (Å²) in [4.78, 5) is 12.0. The lowest BCUT2D eigenvalue weighted by Gasteiger charge is -2.09. The molecule has 0 spiro atoms. The van der Waals surface area contributed by atoms with Gasteiger partial charge in [0, 0.05) is 11.4 Å². The average Bonchev–Trinajstić information content (AvgIpc) is 2.42. The maximum absolute atomic E-state index is 12.0. The molecule has 3 nitrogen and oxygen atoms in total. The van der Waals surface area contributed by atoms with Crippen LogP contribution in [0.2, 0.25) is 5.02 Å². The highest BCUT2D eigenvalue weighted by atomic mass is 35.5. The van der Waals surface area contributed by atoms with Crippen molar-refractivity contribution < 1.29 is 9.90 Å². The number of anilines is 1. The highest BCUT2D eigenvalue weighted by Gasteiger charge is 2.08. The smallest absolute Gasteiger partial charge is 0.224 e. The van der Waals surface area contributed by atoms with Crippen LogP contribution in [0.25, 0.3) is 0 Å². The van der Waals surface area contributed by atoms with Crippen molar-refractivity contribution in [1.29, 1.82) is 0 Å². The number of rotatable bonds is 4. The molecule has 0 radical (unpaired) electrons. The summed E-state index contributed by atoms with van der Waals surface area (Å²) >= 11 is 5.85. The summed E-state index contributed by atoms with van der Waals surface area (Å²) in [6, 6.07) is 10.8. The predicted molar refractivity (Wildman–Crippen MR) is 86.0 cm³/mol. The maximum atomic E-state index is 12.0. The molecule has 0 bridgehead atoms. The lowest BCUT2D eigenvalue weighted by molar-refractivity contribution is -0.116. The number of carbonyl (C=O) groups is 1. The Morgan fingerprint density at radius 1 is 1.19 bits per heavy atom. The molecule has 0 aromatic heterocycles. The van der Waals surface area contributed by atoms with Crippen LogP contribution in [0.3, 0.4) is 0 Å². The minimum atomic E-state index is -0.146. The molecule has 2 aromatic rings. The number of hydrogen-bond donors (Lipinski definition) is 2. The van der Waals surface area contributed by atoms with E-state index in [0.29, 0.717) is 23.6 Å². The van der Waals surface area contributed by atoms with Gasteiger partial charge in [-0.2, -0.15) is 0 Å². The van der Waals surface area contributed by atoms with Crippen LogP contribution < -0.4 is 5.32 Å². The summed E-state index contributed by atoms with van der Waals surface area (Å²) in [5, 5.41) is 12.8. The standard InChI is InChI=1S/C17H18ClNO2/c1-11-3-4-13(12(2)9-11)5-8-17(21)19-15-10-14(18)6-7-16(15)20/h3-4,6-7,9-10,20H,5,8H2,1-2H3,(H,19,21). The Morgan fingerprint density at radius 2 is 1.95 bits per heavy atom. The number of hydrogen-bond acceptors (Lipinski definition) is 2. The first-order valence-corrected chi connectivity index (χ1v) is 7.18. The fourth-order valence-electron chi connectivity index (χ4n) is 2.20. The predicted octanol–water partition coefficient (Wildman–Crippen LogP) is 4.23. The molecule has 2 rings (SSSR count). The van der Waals surface area contributed by atoms with Crippen molar-refractivity contribution in [2.75, 3.05) is 5.32 Å². The van der Waals surface area contributed by atoms with Gasteiger partial charge in [0.15, 0.2) is 0 Å². The summed E-state index contributed by atoms with van der Waals surface area (Å²) in [7, 11) is 0. The van der Waals surface area contributed by atoms with E-state index in [-0.39, 0.29) is 11.7 Å². The molecule has 0 unspecified atom stereocenters. The third kappa shape index (κ3) is 4.23. The van der Waals surface area contributed by atoms with Gasteiger partial charge in [0.2, 0.25) is 5.91 Å². The number of phenolic OH excluding ortho intramolecular Hbond substituents is 1. The third-order valence-corrected chi connectivity index (χ3v) is 3.59. The molecule has 0 fully saturated rings. The van der Waals surface area contributed by atoms with Crippen LogP contribution in [-0.4, -0.2) is 11.0 Å². The van der Waals surface area contributed by atoms with Crippen molar-refractivity contribution in [3.05, 3.63) is 58.1 Å². The summed E-state index contributed by atoms with van der Waals surface area (Å²) in [5.74, 6) is -0.133. The number of nitrogens with one attached hydrogen (secondary N) is 1. The van der Waals surface area contributed by atoms with E-state index in [4.69, 9.17) is 11.6 Å². The van der Waals surface area contributed by atoms with E-state index >= 15 is 0 Å². The van der Waals surface area contributed by atoms with Gasteiger partial charge in [-0.05, 0) is 49.6 Å². The fourth-order valence-corrected chi connectivity index (χ4v) is 2.37. The Kier molecular flexibility index (Phi) is 4.86. The second-order valence-electron chi connectivity index (χ2n) is 5.14. The molecule has 4 heteroatoms. The van der Waals surface area contributed by atoms with Crippen molar-refractivity contribution in [1.82, 2.24) is 0 Å². The van der Waals surface area contributed by atoms with Gasteiger partial charge < -0.3 is 10.4 Å². The fraction of sp³-hybridized carbons (Fsp3) is 0.235. The Hall–Kier alpha value is -2.00. The van der Waals surface area contributed by atoms with Crippen LogP contribution in [0.15, 0.2) is 36.4 Å². The second kappa shape index (κ2) is 6.64. The number of aromatic hydroxyl groups is 1. The number of carbonyl (C=O) groups excluding carboxylic acids is 1. The van der Waals surface area contributed by atoms with E-state index in [1.807, 2.05) is 19.9 Å². The third-order valence-electron chi connectivity index (χ3n) is 3.35. The van der Waals surface area contributed by atoms with Crippen molar-refractivity contribution >= 4 is 23.2 Å². The Labute approximate surface area is 129 Å². The molecule has 0 aliphatic carbocycles. The molecule has 0 heterocycles. The Morgan fingerprint density at radius 3 is 2.67 bits per heavy atom. The molecule has 0 saturated carbocycles. The van der Waals surface area contributed by atoms with E-state index in [2.05, 4.69) is 17.4 Å². The Bertz CT molecular complexity index is 668. The molecular formula is C17H18ClNO2. The Balaban J connectivity index is 1.97. The zero-order valence-corrected chi connectivity index (χ0v) is 12.9. The topological polar surface area (TPSA) is 49.3 Å². The molecule has 0 aliphatic heterocycles. The van der Waals surface area contributed by atoms with Crippen molar-refractivity contribution in [3.63, 3.8) is 0 Å². The number of aryl methyl sites for hydroxylation is 3. The zero-order chi connectivity index (χ0) is 15.4. The van der Waals surface area contributed by atoms with E-state index in [1.165, 1.54) is 23.3 Å². The number of benzene rings is 2. The molecule has 110 valence electrons. The lowest BCUT2D eigenvalue weighted by atomic mass is 10.0. The molecule has 1 amide bonds. The van der Waals surface area contributed by atoms with Crippen molar-refractivity contribution in [2.24, 2.45) is 0 Å². The SMILES string of the molecule is Cc1ccc(CCC(=O)Nc2cc(Cl)ccc2O)c(C)c1. The first kappa shape index (κ1) is 15.4. The van der Waals surface area contributed by atoms with Crippen LogP contribution in [-0.2, 0) is 11.2 Å². The quantitative estimate of drug-likeness (QED) is 0.830. The number of phenols is 1. The van der Waals surface area contributed by atoms with E-state index in [9.17, 15) is 9.90 Å². The largest absolute Gasteiger partial charge is 0.506 e. The van der Waals surface area contributed by atoms with Crippen LogP contribution in [0.4, 0.5) is 5.69 Å². The highest BCUT2D eigenvalue weighted by molar-refractivity contribution is 6.31. The second-order valence-corrected chi connectivity index (χ2v) is 5.58. The molecule has 21 heavy (non-hydrogen) atoms.